The molecule has 2 aromatic rings. The van der Waals surface area contributed by atoms with E-state index < -0.39 is 23.1 Å². The second kappa shape index (κ2) is 8.22. The number of carbonyl (C=O) groups is 1. The first-order valence-corrected chi connectivity index (χ1v) is 9.51. The Morgan fingerprint density at radius 2 is 2.08 bits per heavy atom. The van der Waals surface area contributed by atoms with E-state index in [1.807, 2.05) is 0 Å². The third-order valence-corrected chi connectivity index (χ3v) is 4.09. The van der Waals surface area contributed by atoms with Crippen molar-refractivity contribution < 1.29 is 13.9 Å². The summed E-state index contributed by atoms with van der Waals surface area (Å²) < 4.78 is 19.4. The van der Waals surface area contributed by atoms with E-state index in [9.17, 15) is 14.0 Å². The van der Waals surface area contributed by atoms with Crippen molar-refractivity contribution in [3.8, 4) is 0 Å². The van der Waals surface area contributed by atoms with Crippen molar-refractivity contribution >= 4 is 40.4 Å². The van der Waals surface area contributed by atoms with E-state index in [4.69, 9.17) is 16.3 Å². The topological polar surface area (TPSA) is 97.0 Å². The number of pyridine rings is 1. The Hall–Kier alpha value is -1.87. The molecule has 0 bridgehead atoms. The number of ether oxygens (including phenoxy) is 1. The summed E-state index contributed by atoms with van der Waals surface area (Å²) in [6.07, 6.45) is 1.97. The van der Waals surface area contributed by atoms with E-state index in [0.29, 0.717) is 30.2 Å². The number of rotatable bonds is 5. The summed E-state index contributed by atoms with van der Waals surface area (Å²) in [5.41, 5.74) is -0.829. The van der Waals surface area contributed by atoms with Crippen LogP contribution in [0.15, 0.2) is 9.95 Å². The van der Waals surface area contributed by atoms with Crippen molar-refractivity contribution in [2.24, 2.45) is 0 Å². The largest absolute Gasteiger partial charge is 0.444 e. The van der Waals surface area contributed by atoms with Crippen LogP contribution in [0, 0.1) is 5.82 Å². The van der Waals surface area contributed by atoms with Gasteiger partial charge in [0.1, 0.15) is 11.1 Å². The molecule has 0 fully saturated rings. The summed E-state index contributed by atoms with van der Waals surface area (Å²) >= 11 is 7.03. The van der Waals surface area contributed by atoms with Gasteiger partial charge in [-0.3, -0.25) is 4.79 Å². The molecule has 1 amide bonds. The Labute approximate surface area is 159 Å². The summed E-state index contributed by atoms with van der Waals surface area (Å²) in [5.74, 6) is -0.821. The molecule has 0 aliphatic carbocycles. The average Bonchev–Trinajstić information content (AvgIpc) is 2.53. The average molecular weight is 403 g/mol. The van der Waals surface area contributed by atoms with Crippen LogP contribution in [0.2, 0.25) is 5.15 Å². The summed E-state index contributed by atoms with van der Waals surface area (Å²) in [4.78, 5) is 34.6. The van der Waals surface area contributed by atoms with Gasteiger partial charge in [-0.05, 0) is 39.9 Å². The lowest BCUT2D eigenvalue weighted by molar-refractivity contribution is 0.0527. The molecule has 2 heterocycles. The number of nitrogens with zero attached hydrogens (tertiary/aromatic N) is 2. The molecule has 26 heavy (non-hydrogen) atoms. The van der Waals surface area contributed by atoms with Crippen LogP contribution in [0.4, 0.5) is 9.18 Å². The first-order valence-electron chi connectivity index (χ1n) is 7.91. The first kappa shape index (κ1) is 20.4. The first-order chi connectivity index (χ1) is 12.1. The van der Waals surface area contributed by atoms with E-state index in [-0.39, 0.29) is 16.1 Å². The highest BCUT2D eigenvalue weighted by Crippen LogP contribution is 2.23. The Morgan fingerprint density at radius 1 is 1.38 bits per heavy atom. The maximum absolute atomic E-state index is 14.2. The number of alkyl carbamates (subject to hydrolysis) is 1. The Morgan fingerprint density at radius 3 is 2.69 bits per heavy atom. The standard InChI is InChI=1S/C16H20ClFN4O3S/c1-16(2,3)25-15(24)19-7-5-6-8-9-11(10(18)12(17)20-8)21-14(26-4)22-13(9)23/h5-7H2,1-4H3,(H,19,24)(H,21,22,23). The van der Waals surface area contributed by atoms with Crippen LogP contribution in [0.1, 0.15) is 32.9 Å². The van der Waals surface area contributed by atoms with Gasteiger partial charge in [-0.25, -0.2) is 19.2 Å². The molecule has 0 saturated heterocycles. The number of thioether (sulfide) groups is 1. The number of amides is 1. The molecule has 2 N–H and O–H groups in total. The predicted molar refractivity (Wildman–Crippen MR) is 99.5 cm³/mol. The number of nitrogens with one attached hydrogen (secondary N) is 2. The van der Waals surface area contributed by atoms with Gasteiger partial charge >= 0.3 is 6.09 Å². The summed E-state index contributed by atoms with van der Waals surface area (Å²) in [7, 11) is 0. The van der Waals surface area contributed by atoms with Gasteiger partial charge in [0.15, 0.2) is 16.1 Å². The zero-order valence-electron chi connectivity index (χ0n) is 14.9. The third kappa shape index (κ3) is 5.07. The molecule has 0 spiro atoms. The summed E-state index contributed by atoms with van der Waals surface area (Å²) in [6.45, 7) is 5.61. The smallest absolute Gasteiger partial charge is 0.407 e. The van der Waals surface area contributed by atoms with Gasteiger partial charge in [0, 0.05) is 6.54 Å². The highest BCUT2D eigenvalue weighted by molar-refractivity contribution is 7.98. The second-order valence-electron chi connectivity index (χ2n) is 6.49. The monoisotopic (exact) mass is 402 g/mol. The lowest BCUT2D eigenvalue weighted by atomic mass is 10.1. The zero-order chi connectivity index (χ0) is 19.5. The maximum Gasteiger partial charge on any atom is 0.407 e. The fourth-order valence-corrected chi connectivity index (χ4v) is 2.81. The van der Waals surface area contributed by atoms with E-state index in [1.165, 1.54) is 11.8 Å². The van der Waals surface area contributed by atoms with Crippen molar-refractivity contribution in [3.05, 3.63) is 27.0 Å². The molecule has 7 nitrogen and oxygen atoms in total. The van der Waals surface area contributed by atoms with Crippen LogP contribution in [-0.2, 0) is 11.2 Å². The molecule has 2 rings (SSSR count). The number of aryl methyl sites for hydroxylation is 1. The van der Waals surface area contributed by atoms with Gasteiger partial charge in [-0.2, -0.15) is 0 Å². The van der Waals surface area contributed by atoms with Crippen LogP contribution in [0.25, 0.3) is 10.9 Å². The van der Waals surface area contributed by atoms with Crippen LogP contribution in [0.3, 0.4) is 0 Å². The number of aromatic nitrogens is 3. The summed E-state index contributed by atoms with van der Waals surface area (Å²) in [6, 6.07) is 0. The molecule has 0 aliphatic rings. The molecule has 0 unspecified atom stereocenters. The van der Waals surface area contributed by atoms with Crippen molar-refractivity contribution in [2.45, 2.75) is 44.4 Å². The lowest BCUT2D eigenvalue weighted by Crippen LogP contribution is -2.33. The van der Waals surface area contributed by atoms with Crippen LogP contribution >= 0.6 is 23.4 Å². The van der Waals surface area contributed by atoms with Gasteiger partial charge in [-0.1, -0.05) is 23.4 Å². The van der Waals surface area contributed by atoms with Crippen LogP contribution in [0.5, 0.6) is 0 Å². The minimum atomic E-state index is -0.821. The number of hydrogen-bond donors (Lipinski definition) is 2. The maximum atomic E-state index is 14.2. The number of carbonyl (C=O) groups excluding carboxylic acids is 1. The normalized spacial score (nSPS) is 11.6. The van der Waals surface area contributed by atoms with Gasteiger partial charge < -0.3 is 15.0 Å². The van der Waals surface area contributed by atoms with E-state index >= 15 is 0 Å². The molecule has 142 valence electrons. The van der Waals surface area contributed by atoms with Crippen molar-refractivity contribution in [2.75, 3.05) is 12.8 Å². The molecule has 0 aromatic carbocycles. The molecule has 0 saturated carbocycles. The number of halogens is 2. The van der Waals surface area contributed by atoms with Crippen LogP contribution < -0.4 is 10.9 Å². The minimum Gasteiger partial charge on any atom is -0.444 e. The predicted octanol–water partition coefficient (Wildman–Crippen LogP) is 3.29. The van der Waals surface area contributed by atoms with Gasteiger partial charge in [0.2, 0.25) is 0 Å². The Balaban J connectivity index is 2.16. The highest BCUT2D eigenvalue weighted by Gasteiger charge is 2.18. The lowest BCUT2D eigenvalue weighted by Gasteiger charge is -2.19. The Kier molecular flexibility index (Phi) is 6.46. The fraction of sp³-hybridized carbons (Fsp3) is 0.500. The quantitative estimate of drug-likeness (QED) is 0.345. The second-order valence-corrected chi connectivity index (χ2v) is 7.65. The fourth-order valence-electron chi connectivity index (χ4n) is 2.24. The molecule has 10 heteroatoms. The van der Waals surface area contributed by atoms with E-state index in [1.54, 1.807) is 27.0 Å². The highest BCUT2D eigenvalue weighted by atomic mass is 35.5. The summed E-state index contributed by atoms with van der Waals surface area (Å²) in [5, 5.41) is 2.64. The third-order valence-electron chi connectivity index (χ3n) is 3.26. The van der Waals surface area contributed by atoms with Gasteiger partial charge in [-0.15, -0.1) is 0 Å². The molecular formula is C16H20ClFN4O3S. The number of fused-ring (bicyclic) bond motifs is 1. The van der Waals surface area contributed by atoms with Crippen molar-refractivity contribution in [1.29, 1.82) is 0 Å². The number of hydrogen-bond acceptors (Lipinski definition) is 6. The zero-order valence-corrected chi connectivity index (χ0v) is 16.5. The SMILES string of the molecule is CSc1nc2c(F)c(Cl)nc(CCCNC(=O)OC(C)(C)C)c2c(=O)[nH]1. The van der Waals surface area contributed by atoms with Crippen molar-refractivity contribution in [3.63, 3.8) is 0 Å². The van der Waals surface area contributed by atoms with Crippen molar-refractivity contribution in [1.82, 2.24) is 20.3 Å². The van der Waals surface area contributed by atoms with E-state index in [0.717, 1.165) is 0 Å². The Bertz CT molecular complexity index is 882. The number of H-pyrrole nitrogens is 1. The molecule has 0 aliphatic heterocycles. The molecule has 0 atom stereocenters. The molecular weight excluding hydrogens is 383 g/mol. The molecule has 0 radical (unpaired) electrons. The van der Waals surface area contributed by atoms with Gasteiger partial charge in [0.05, 0.1) is 11.1 Å². The van der Waals surface area contributed by atoms with Gasteiger partial charge in [0.25, 0.3) is 5.56 Å². The number of aromatic amines is 1. The van der Waals surface area contributed by atoms with E-state index in [2.05, 4.69) is 20.3 Å². The van der Waals surface area contributed by atoms with Crippen LogP contribution in [-0.4, -0.2) is 39.4 Å². The minimum absolute atomic E-state index is 0.0713. The molecule has 2 aromatic heterocycles.